The third-order valence-electron chi connectivity index (χ3n) is 2.61. The minimum absolute atomic E-state index is 0.0891. The van der Waals surface area contributed by atoms with Gasteiger partial charge in [-0.2, -0.15) is 5.10 Å². The van der Waals surface area contributed by atoms with Gasteiger partial charge in [0.25, 0.3) is 0 Å². The van der Waals surface area contributed by atoms with Gasteiger partial charge in [0.15, 0.2) is 5.82 Å². The fraction of sp³-hybridized carbons (Fsp3) is 0.615. The molecule has 1 aromatic rings. The normalized spacial score (nSPS) is 12.4. The molecule has 1 atom stereocenters. The summed E-state index contributed by atoms with van der Waals surface area (Å²) in [6.45, 7) is 6.09. The van der Waals surface area contributed by atoms with Crippen molar-refractivity contribution in [2.24, 2.45) is 11.8 Å². The maximum Gasteiger partial charge on any atom is 0.325 e. The van der Waals surface area contributed by atoms with Crippen LogP contribution < -0.4 is 5.32 Å². The zero-order valence-corrected chi connectivity index (χ0v) is 11.6. The molecule has 1 rings (SSSR count). The molecule has 0 spiro atoms. The summed E-state index contributed by atoms with van der Waals surface area (Å²) in [5, 5.41) is 15.3. The maximum absolute atomic E-state index is 11.8. The van der Waals surface area contributed by atoms with Gasteiger partial charge in [0.1, 0.15) is 6.54 Å². The minimum Gasteiger partial charge on any atom is -0.480 e. The first kappa shape index (κ1) is 15.2. The first-order chi connectivity index (χ1) is 8.86. The Kier molecular flexibility index (Phi) is 5.54. The molecule has 6 nitrogen and oxygen atoms in total. The average molecular weight is 267 g/mol. The number of nitrogens with zero attached hydrogens (tertiary/aromatic N) is 2. The van der Waals surface area contributed by atoms with Crippen LogP contribution in [0.1, 0.15) is 33.6 Å². The van der Waals surface area contributed by atoms with Crippen LogP contribution in [0.4, 0.5) is 5.82 Å². The van der Waals surface area contributed by atoms with Gasteiger partial charge in [0, 0.05) is 18.7 Å². The van der Waals surface area contributed by atoms with Crippen LogP contribution in [0.5, 0.6) is 0 Å². The van der Waals surface area contributed by atoms with Crippen molar-refractivity contribution in [3.05, 3.63) is 12.3 Å². The molecule has 6 heteroatoms. The van der Waals surface area contributed by atoms with E-state index < -0.39 is 5.97 Å². The van der Waals surface area contributed by atoms with Gasteiger partial charge in [-0.25, -0.2) is 0 Å². The van der Waals surface area contributed by atoms with Gasteiger partial charge in [-0.3, -0.25) is 14.3 Å². The number of hydrogen-bond donors (Lipinski definition) is 2. The van der Waals surface area contributed by atoms with Gasteiger partial charge in [-0.15, -0.1) is 0 Å². The van der Waals surface area contributed by atoms with Gasteiger partial charge in [-0.1, -0.05) is 20.8 Å². The number of aliphatic carboxylic acids is 1. The standard InChI is InChI=1S/C13H21N3O3/c1-9(2)6-10(3)7-12(17)14-11-4-5-16(15-11)8-13(18)19/h4-5,9-10H,6-8H2,1-3H3,(H,18,19)(H,14,15,17). The van der Waals surface area contributed by atoms with Crippen molar-refractivity contribution in [1.29, 1.82) is 0 Å². The molecule has 1 amide bonds. The van der Waals surface area contributed by atoms with Gasteiger partial charge in [0.2, 0.25) is 5.91 Å². The lowest BCUT2D eigenvalue weighted by Crippen LogP contribution is -2.17. The highest BCUT2D eigenvalue weighted by Gasteiger charge is 2.12. The molecule has 0 aliphatic heterocycles. The van der Waals surface area contributed by atoms with Crippen LogP contribution >= 0.6 is 0 Å². The van der Waals surface area contributed by atoms with Crippen LogP contribution in [0.25, 0.3) is 0 Å². The molecule has 0 aromatic carbocycles. The van der Waals surface area contributed by atoms with Gasteiger partial charge < -0.3 is 10.4 Å². The lowest BCUT2D eigenvalue weighted by atomic mass is 9.96. The highest BCUT2D eigenvalue weighted by atomic mass is 16.4. The molecular weight excluding hydrogens is 246 g/mol. The summed E-state index contributed by atoms with van der Waals surface area (Å²) < 4.78 is 1.27. The first-order valence-corrected chi connectivity index (χ1v) is 6.42. The zero-order chi connectivity index (χ0) is 14.4. The molecule has 0 aliphatic carbocycles. The average Bonchev–Trinajstić information content (AvgIpc) is 2.62. The van der Waals surface area contributed by atoms with Crippen molar-refractivity contribution in [2.45, 2.75) is 40.2 Å². The molecule has 0 bridgehead atoms. The van der Waals surface area contributed by atoms with E-state index in [9.17, 15) is 9.59 Å². The Morgan fingerprint density at radius 2 is 2.11 bits per heavy atom. The molecule has 1 unspecified atom stereocenters. The number of hydrogen-bond acceptors (Lipinski definition) is 3. The highest BCUT2D eigenvalue weighted by Crippen LogP contribution is 2.15. The predicted molar refractivity (Wildman–Crippen MR) is 71.7 cm³/mol. The van der Waals surface area contributed by atoms with Crippen LogP contribution in [0.3, 0.4) is 0 Å². The Bertz CT molecular complexity index is 440. The van der Waals surface area contributed by atoms with E-state index >= 15 is 0 Å². The van der Waals surface area contributed by atoms with Crippen molar-refractivity contribution in [3.63, 3.8) is 0 Å². The topological polar surface area (TPSA) is 84.2 Å². The summed E-state index contributed by atoms with van der Waals surface area (Å²) in [4.78, 5) is 22.3. The van der Waals surface area contributed by atoms with Crippen LogP contribution in [0.2, 0.25) is 0 Å². The Morgan fingerprint density at radius 1 is 1.42 bits per heavy atom. The number of rotatable bonds is 7. The van der Waals surface area contributed by atoms with Crippen LogP contribution in [0, 0.1) is 11.8 Å². The van der Waals surface area contributed by atoms with Gasteiger partial charge in [-0.05, 0) is 18.3 Å². The third kappa shape index (κ3) is 6.03. The Hall–Kier alpha value is -1.85. The van der Waals surface area contributed by atoms with Crippen molar-refractivity contribution >= 4 is 17.7 Å². The summed E-state index contributed by atoms with van der Waals surface area (Å²) >= 11 is 0. The van der Waals surface area contributed by atoms with E-state index in [2.05, 4.69) is 24.3 Å². The summed E-state index contributed by atoms with van der Waals surface area (Å²) in [6, 6.07) is 1.59. The van der Waals surface area contributed by atoms with E-state index in [4.69, 9.17) is 5.11 Å². The molecule has 0 saturated heterocycles. The molecule has 0 radical (unpaired) electrons. The number of carbonyl (C=O) groups excluding carboxylic acids is 1. The zero-order valence-electron chi connectivity index (χ0n) is 11.6. The molecule has 19 heavy (non-hydrogen) atoms. The van der Waals surface area contributed by atoms with E-state index in [0.29, 0.717) is 24.1 Å². The smallest absolute Gasteiger partial charge is 0.325 e. The number of carboxylic acid groups (broad SMARTS) is 1. The second kappa shape index (κ2) is 6.92. The lowest BCUT2D eigenvalue weighted by Gasteiger charge is -2.12. The summed E-state index contributed by atoms with van der Waals surface area (Å²) in [7, 11) is 0. The summed E-state index contributed by atoms with van der Waals surface area (Å²) in [5.41, 5.74) is 0. The number of carbonyl (C=O) groups is 2. The number of carboxylic acids is 1. The Balaban J connectivity index is 2.44. The lowest BCUT2D eigenvalue weighted by molar-refractivity contribution is -0.137. The van der Waals surface area contributed by atoms with Crippen molar-refractivity contribution in [1.82, 2.24) is 9.78 Å². The molecule has 1 heterocycles. The number of amides is 1. The summed E-state index contributed by atoms with van der Waals surface area (Å²) in [6.07, 6.45) is 2.98. The third-order valence-corrected chi connectivity index (χ3v) is 2.61. The van der Waals surface area contributed by atoms with E-state index in [1.807, 2.05) is 6.92 Å². The van der Waals surface area contributed by atoms with Crippen molar-refractivity contribution in [3.8, 4) is 0 Å². The van der Waals surface area contributed by atoms with E-state index in [0.717, 1.165) is 6.42 Å². The number of aromatic nitrogens is 2. The summed E-state index contributed by atoms with van der Waals surface area (Å²) in [5.74, 6) is 0.224. The quantitative estimate of drug-likeness (QED) is 0.791. The highest BCUT2D eigenvalue weighted by molar-refractivity contribution is 5.89. The fourth-order valence-corrected chi connectivity index (χ4v) is 2.05. The molecule has 0 saturated carbocycles. The Labute approximate surface area is 112 Å². The van der Waals surface area contributed by atoms with Crippen LogP contribution in [-0.2, 0) is 16.1 Å². The predicted octanol–water partition coefficient (Wildman–Crippen LogP) is 1.98. The van der Waals surface area contributed by atoms with E-state index in [1.165, 1.54) is 10.9 Å². The van der Waals surface area contributed by atoms with Crippen LogP contribution in [-0.4, -0.2) is 26.8 Å². The maximum atomic E-state index is 11.8. The second-order valence-corrected chi connectivity index (χ2v) is 5.28. The Morgan fingerprint density at radius 3 is 2.68 bits per heavy atom. The molecule has 0 aliphatic rings. The van der Waals surface area contributed by atoms with Gasteiger partial charge >= 0.3 is 5.97 Å². The fourth-order valence-electron chi connectivity index (χ4n) is 2.05. The molecular formula is C13H21N3O3. The monoisotopic (exact) mass is 267 g/mol. The van der Waals surface area contributed by atoms with E-state index in [-0.39, 0.29) is 12.5 Å². The largest absolute Gasteiger partial charge is 0.480 e. The molecule has 106 valence electrons. The first-order valence-electron chi connectivity index (χ1n) is 6.42. The SMILES string of the molecule is CC(C)CC(C)CC(=O)Nc1ccn(CC(=O)O)n1. The van der Waals surface area contributed by atoms with Gasteiger partial charge in [0.05, 0.1) is 0 Å². The molecule has 0 fully saturated rings. The second-order valence-electron chi connectivity index (χ2n) is 5.28. The number of nitrogens with one attached hydrogen (secondary N) is 1. The van der Waals surface area contributed by atoms with E-state index in [1.54, 1.807) is 6.07 Å². The van der Waals surface area contributed by atoms with Crippen molar-refractivity contribution in [2.75, 3.05) is 5.32 Å². The van der Waals surface area contributed by atoms with Crippen molar-refractivity contribution < 1.29 is 14.7 Å². The van der Waals surface area contributed by atoms with Crippen LogP contribution in [0.15, 0.2) is 12.3 Å². The molecule has 2 N–H and O–H groups in total. The molecule has 1 aromatic heterocycles. The number of anilines is 1. The minimum atomic E-state index is -0.966.